The molecular weight excluding hydrogens is 575 g/mol. The normalized spacial score (nSPS) is 14.3. The molecule has 1 aliphatic rings. The zero-order chi connectivity index (χ0) is 25.3. The summed E-state index contributed by atoms with van der Waals surface area (Å²) in [5.74, 6) is 1.81. The summed E-state index contributed by atoms with van der Waals surface area (Å²) in [5, 5.41) is 10.8. The Morgan fingerprint density at radius 1 is 1.31 bits per heavy atom. The smallest absolute Gasteiger partial charge is 0.329 e. The number of aromatic nitrogens is 1. The third-order valence-corrected chi connectivity index (χ3v) is 8.34. The molecule has 0 bridgehead atoms. The van der Waals surface area contributed by atoms with Crippen LogP contribution < -0.4 is 0 Å². The topological polar surface area (TPSA) is 54.7 Å². The van der Waals surface area contributed by atoms with E-state index in [0.717, 1.165) is 73.7 Å². The highest BCUT2D eigenvalue weighted by molar-refractivity contribution is 14.1. The molecule has 2 heterocycles. The van der Waals surface area contributed by atoms with Gasteiger partial charge in [-0.05, 0) is 77.7 Å². The predicted octanol–water partition coefficient (Wildman–Crippen LogP) is 5.85. The number of likely N-dealkylation sites (tertiary alicyclic amines) is 1. The number of piperidine rings is 1. The Bertz CT molecular complexity index is 1350. The number of rotatable bonds is 7. The number of carbonyl (C=O) groups is 1. The summed E-state index contributed by atoms with van der Waals surface area (Å²) in [6, 6.07) is 10.3. The maximum absolute atomic E-state index is 10.8. The van der Waals surface area contributed by atoms with E-state index in [9.17, 15) is 4.79 Å². The highest BCUT2D eigenvalue weighted by Gasteiger charge is 2.24. The fraction of sp³-hybridized carbons (Fsp3) is 0.321. The number of aryl methyl sites for hydroxylation is 2. The Kier molecular flexibility index (Phi) is 7.80. The molecule has 0 amide bonds. The van der Waals surface area contributed by atoms with Crippen LogP contribution >= 0.6 is 34.2 Å². The average molecular weight is 603 g/mol. The molecule has 4 rings (SSSR count). The SMILES string of the molecule is C#Cc1cc(C)c2cc(Cc3c(Cl)ccc(C(=C)N4CCC(OCC(=O)O)CC4)c3I)n(C)c2c1. The molecule has 0 aliphatic carbocycles. The summed E-state index contributed by atoms with van der Waals surface area (Å²) in [6.07, 6.45) is 7.87. The van der Waals surface area contributed by atoms with Gasteiger partial charge in [0, 0.05) is 68.6 Å². The van der Waals surface area contributed by atoms with Crippen molar-refractivity contribution in [3.8, 4) is 12.3 Å². The maximum Gasteiger partial charge on any atom is 0.329 e. The number of hydrogen-bond acceptors (Lipinski definition) is 3. The van der Waals surface area contributed by atoms with E-state index in [0.29, 0.717) is 6.42 Å². The summed E-state index contributed by atoms with van der Waals surface area (Å²) >= 11 is 9.08. The number of ether oxygens (including phenoxy) is 1. The highest BCUT2D eigenvalue weighted by atomic mass is 127. The third-order valence-electron chi connectivity index (χ3n) is 6.76. The molecule has 0 unspecified atom stereocenters. The van der Waals surface area contributed by atoms with Crippen LogP contribution in [0.3, 0.4) is 0 Å². The van der Waals surface area contributed by atoms with Crippen LogP contribution in [0.4, 0.5) is 0 Å². The van der Waals surface area contributed by atoms with Gasteiger partial charge in [0.05, 0.1) is 6.10 Å². The van der Waals surface area contributed by atoms with E-state index in [1.54, 1.807) is 0 Å². The van der Waals surface area contributed by atoms with Gasteiger partial charge >= 0.3 is 5.97 Å². The first-order chi connectivity index (χ1) is 16.7. The van der Waals surface area contributed by atoms with Crippen molar-refractivity contribution in [1.82, 2.24) is 9.47 Å². The molecule has 1 N–H and O–H groups in total. The Morgan fingerprint density at radius 3 is 2.69 bits per heavy atom. The lowest BCUT2D eigenvalue weighted by Gasteiger charge is -2.35. The molecule has 3 aromatic rings. The van der Waals surface area contributed by atoms with Gasteiger partial charge in [-0.1, -0.05) is 30.2 Å². The number of carboxylic acid groups (broad SMARTS) is 1. The molecule has 1 aliphatic heterocycles. The van der Waals surface area contributed by atoms with Gasteiger partial charge < -0.3 is 19.3 Å². The van der Waals surface area contributed by atoms with Crippen LogP contribution in [0, 0.1) is 22.8 Å². The van der Waals surface area contributed by atoms with Crippen molar-refractivity contribution >= 4 is 56.8 Å². The first kappa shape index (κ1) is 25.6. The summed E-state index contributed by atoms with van der Waals surface area (Å²) in [7, 11) is 2.07. The fourth-order valence-electron chi connectivity index (χ4n) is 4.73. The monoisotopic (exact) mass is 602 g/mol. The molecule has 5 nitrogen and oxygen atoms in total. The van der Waals surface area contributed by atoms with Gasteiger partial charge in [-0.15, -0.1) is 6.42 Å². The van der Waals surface area contributed by atoms with Crippen molar-refractivity contribution in [1.29, 1.82) is 0 Å². The molecule has 35 heavy (non-hydrogen) atoms. The van der Waals surface area contributed by atoms with E-state index in [1.165, 1.54) is 5.39 Å². The maximum atomic E-state index is 10.8. The van der Waals surface area contributed by atoms with E-state index in [4.69, 9.17) is 27.9 Å². The summed E-state index contributed by atoms with van der Waals surface area (Å²) in [4.78, 5) is 13.0. The molecule has 2 aromatic carbocycles. The van der Waals surface area contributed by atoms with Crippen LogP contribution in [-0.4, -0.2) is 46.3 Å². The minimum Gasteiger partial charge on any atom is -0.480 e. The van der Waals surface area contributed by atoms with Gasteiger partial charge in [0.15, 0.2) is 0 Å². The van der Waals surface area contributed by atoms with E-state index >= 15 is 0 Å². The lowest BCUT2D eigenvalue weighted by atomic mass is 10.0. The molecular formula is C28H28ClIN2O3. The molecule has 0 radical (unpaired) electrons. The van der Waals surface area contributed by atoms with Gasteiger partial charge in [-0.25, -0.2) is 4.79 Å². The molecule has 1 fully saturated rings. The van der Waals surface area contributed by atoms with Crippen molar-refractivity contribution in [2.75, 3.05) is 19.7 Å². The van der Waals surface area contributed by atoms with Crippen LogP contribution in [0.2, 0.25) is 5.02 Å². The minimum absolute atomic E-state index is 0.0279. The lowest BCUT2D eigenvalue weighted by Crippen LogP contribution is -2.36. The van der Waals surface area contributed by atoms with Crippen molar-refractivity contribution < 1.29 is 14.6 Å². The third kappa shape index (κ3) is 5.37. The molecule has 182 valence electrons. The van der Waals surface area contributed by atoms with Crippen molar-refractivity contribution in [3.05, 3.63) is 73.5 Å². The second kappa shape index (κ2) is 10.7. The van der Waals surface area contributed by atoms with Gasteiger partial charge in [0.1, 0.15) is 6.61 Å². The highest BCUT2D eigenvalue weighted by Crippen LogP contribution is 2.34. The van der Waals surface area contributed by atoms with Crippen LogP contribution in [0.25, 0.3) is 16.6 Å². The molecule has 1 aromatic heterocycles. The molecule has 0 atom stereocenters. The quantitative estimate of drug-likeness (QED) is 0.272. The molecule has 0 spiro atoms. The number of nitrogens with zero attached hydrogens (tertiary/aromatic N) is 2. The van der Waals surface area contributed by atoms with E-state index in [2.05, 4.69) is 70.7 Å². The number of aliphatic carboxylic acids is 1. The van der Waals surface area contributed by atoms with Crippen molar-refractivity contribution in [2.24, 2.45) is 7.05 Å². The fourth-order valence-corrected chi connectivity index (χ4v) is 6.09. The van der Waals surface area contributed by atoms with Gasteiger partial charge in [0.25, 0.3) is 0 Å². The number of carboxylic acids is 1. The number of hydrogen-bond donors (Lipinski definition) is 1. The Hall–Kier alpha value is -2.47. The van der Waals surface area contributed by atoms with Gasteiger partial charge in [-0.2, -0.15) is 0 Å². The van der Waals surface area contributed by atoms with E-state index in [1.807, 2.05) is 18.2 Å². The summed E-state index contributed by atoms with van der Waals surface area (Å²) in [5.41, 5.74) is 7.42. The number of benzene rings is 2. The minimum atomic E-state index is -0.933. The Morgan fingerprint density at radius 2 is 2.03 bits per heavy atom. The van der Waals surface area contributed by atoms with Crippen LogP contribution in [0.5, 0.6) is 0 Å². The first-order valence-corrected chi connectivity index (χ1v) is 12.9. The van der Waals surface area contributed by atoms with E-state index < -0.39 is 5.97 Å². The predicted molar refractivity (Wildman–Crippen MR) is 150 cm³/mol. The van der Waals surface area contributed by atoms with Crippen molar-refractivity contribution in [3.63, 3.8) is 0 Å². The Balaban J connectivity index is 1.57. The summed E-state index contributed by atoms with van der Waals surface area (Å²) in [6.45, 7) is 7.78. The number of fused-ring (bicyclic) bond motifs is 1. The van der Waals surface area contributed by atoms with Gasteiger partial charge in [0.2, 0.25) is 0 Å². The second-order valence-electron chi connectivity index (χ2n) is 8.97. The second-order valence-corrected chi connectivity index (χ2v) is 10.5. The van der Waals surface area contributed by atoms with Crippen LogP contribution in [-0.2, 0) is 23.0 Å². The van der Waals surface area contributed by atoms with Crippen LogP contribution in [0.15, 0.2) is 36.9 Å². The van der Waals surface area contributed by atoms with Crippen LogP contribution in [0.1, 0.15) is 40.8 Å². The van der Waals surface area contributed by atoms with E-state index in [-0.39, 0.29) is 12.7 Å². The molecule has 1 saturated heterocycles. The largest absolute Gasteiger partial charge is 0.480 e. The standard InChI is InChI=1S/C28H28ClIN2O3/c1-5-19-12-17(2)23-14-20(31(4)26(23)13-19)15-24-25(29)7-6-22(28(24)30)18(3)32-10-8-21(9-11-32)35-16-27(33)34/h1,6-7,12-14,21H,3,8-11,15-16H2,2,4H3,(H,33,34). The molecule has 0 saturated carbocycles. The Labute approximate surface area is 224 Å². The zero-order valence-electron chi connectivity index (χ0n) is 19.9. The van der Waals surface area contributed by atoms with Crippen molar-refractivity contribution in [2.45, 2.75) is 32.3 Å². The summed E-state index contributed by atoms with van der Waals surface area (Å²) < 4.78 is 8.76. The zero-order valence-corrected chi connectivity index (χ0v) is 22.8. The van der Waals surface area contributed by atoms with Gasteiger partial charge in [-0.3, -0.25) is 0 Å². The molecule has 7 heteroatoms. The number of halogens is 2. The lowest BCUT2D eigenvalue weighted by molar-refractivity contribution is -0.145. The first-order valence-electron chi connectivity index (χ1n) is 11.5. The average Bonchev–Trinajstić information content (AvgIpc) is 3.16. The number of terminal acetylenes is 1.